The minimum absolute atomic E-state index is 0.451. The SMILES string of the molecule is COCc1ccc(O)c(C2CCCCC2)c1. The van der Waals surface area contributed by atoms with Crippen molar-refractivity contribution >= 4 is 0 Å². The van der Waals surface area contributed by atoms with Crippen LogP contribution in [0.15, 0.2) is 18.2 Å². The van der Waals surface area contributed by atoms with Crippen molar-refractivity contribution in [1.29, 1.82) is 0 Å². The van der Waals surface area contributed by atoms with Gasteiger partial charge in [0.1, 0.15) is 5.75 Å². The minimum Gasteiger partial charge on any atom is -0.508 e. The normalized spacial score (nSPS) is 17.6. The van der Waals surface area contributed by atoms with Gasteiger partial charge in [0.15, 0.2) is 0 Å². The third kappa shape index (κ3) is 2.56. The number of benzene rings is 1. The summed E-state index contributed by atoms with van der Waals surface area (Å²) in [4.78, 5) is 0. The highest BCUT2D eigenvalue weighted by molar-refractivity contribution is 5.38. The number of hydrogen-bond donors (Lipinski definition) is 1. The van der Waals surface area contributed by atoms with Crippen LogP contribution < -0.4 is 0 Å². The van der Waals surface area contributed by atoms with E-state index >= 15 is 0 Å². The maximum absolute atomic E-state index is 9.91. The number of rotatable bonds is 3. The molecule has 16 heavy (non-hydrogen) atoms. The van der Waals surface area contributed by atoms with E-state index in [4.69, 9.17) is 4.74 Å². The Balaban J connectivity index is 2.19. The monoisotopic (exact) mass is 220 g/mol. The molecule has 1 aliphatic carbocycles. The molecule has 1 N–H and O–H groups in total. The van der Waals surface area contributed by atoms with Crippen molar-refractivity contribution in [3.05, 3.63) is 29.3 Å². The topological polar surface area (TPSA) is 29.5 Å². The first-order chi connectivity index (χ1) is 7.81. The molecule has 1 aromatic carbocycles. The average Bonchev–Trinajstić information content (AvgIpc) is 2.33. The lowest BCUT2D eigenvalue weighted by molar-refractivity contribution is 0.184. The first-order valence-corrected chi connectivity index (χ1v) is 6.12. The third-order valence-electron chi connectivity index (χ3n) is 3.45. The molecule has 0 saturated heterocycles. The molecule has 0 spiro atoms. The van der Waals surface area contributed by atoms with Gasteiger partial charge in [0.2, 0.25) is 0 Å². The van der Waals surface area contributed by atoms with E-state index in [0.29, 0.717) is 18.3 Å². The molecular formula is C14H20O2. The van der Waals surface area contributed by atoms with Crippen molar-refractivity contribution in [1.82, 2.24) is 0 Å². The summed E-state index contributed by atoms with van der Waals surface area (Å²) >= 11 is 0. The molecule has 2 heteroatoms. The van der Waals surface area contributed by atoms with Crippen LogP contribution in [0.3, 0.4) is 0 Å². The van der Waals surface area contributed by atoms with E-state index in [2.05, 4.69) is 6.07 Å². The van der Waals surface area contributed by atoms with E-state index in [9.17, 15) is 5.11 Å². The van der Waals surface area contributed by atoms with Gasteiger partial charge in [-0.05, 0) is 42.0 Å². The Labute approximate surface area is 97.3 Å². The highest BCUT2D eigenvalue weighted by Gasteiger charge is 2.18. The molecule has 1 aromatic rings. The van der Waals surface area contributed by atoms with E-state index in [1.54, 1.807) is 13.2 Å². The fourth-order valence-corrected chi connectivity index (χ4v) is 2.60. The summed E-state index contributed by atoms with van der Waals surface area (Å²) in [7, 11) is 1.70. The smallest absolute Gasteiger partial charge is 0.119 e. The second kappa shape index (κ2) is 5.35. The molecule has 1 aliphatic rings. The van der Waals surface area contributed by atoms with Gasteiger partial charge in [-0.3, -0.25) is 0 Å². The van der Waals surface area contributed by atoms with Gasteiger partial charge in [0.25, 0.3) is 0 Å². The molecule has 0 heterocycles. The highest BCUT2D eigenvalue weighted by Crippen LogP contribution is 2.37. The summed E-state index contributed by atoms with van der Waals surface area (Å²) in [6, 6.07) is 5.85. The van der Waals surface area contributed by atoms with Gasteiger partial charge in [0.05, 0.1) is 6.61 Å². The highest BCUT2D eigenvalue weighted by atomic mass is 16.5. The van der Waals surface area contributed by atoms with E-state index < -0.39 is 0 Å². The number of phenolic OH excluding ortho intramolecular Hbond substituents is 1. The zero-order chi connectivity index (χ0) is 11.4. The maximum Gasteiger partial charge on any atom is 0.119 e. The summed E-state index contributed by atoms with van der Waals surface area (Å²) < 4.78 is 5.13. The fourth-order valence-electron chi connectivity index (χ4n) is 2.60. The quantitative estimate of drug-likeness (QED) is 0.843. The van der Waals surface area contributed by atoms with Crippen LogP contribution in [-0.4, -0.2) is 12.2 Å². The number of ether oxygens (including phenoxy) is 1. The van der Waals surface area contributed by atoms with E-state index in [-0.39, 0.29) is 0 Å². The molecule has 0 aliphatic heterocycles. The van der Waals surface area contributed by atoms with Crippen LogP contribution in [0, 0.1) is 0 Å². The Kier molecular flexibility index (Phi) is 3.83. The molecule has 0 atom stereocenters. The molecule has 1 saturated carbocycles. The molecular weight excluding hydrogens is 200 g/mol. The van der Waals surface area contributed by atoms with Gasteiger partial charge in [0, 0.05) is 7.11 Å². The Bertz CT molecular complexity index is 341. The number of hydrogen-bond acceptors (Lipinski definition) is 2. The van der Waals surface area contributed by atoms with Gasteiger partial charge >= 0.3 is 0 Å². The zero-order valence-corrected chi connectivity index (χ0v) is 9.91. The fraction of sp³-hybridized carbons (Fsp3) is 0.571. The summed E-state index contributed by atoms with van der Waals surface area (Å²) in [5.41, 5.74) is 2.27. The van der Waals surface area contributed by atoms with Crippen molar-refractivity contribution in [3.63, 3.8) is 0 Å². The number of aromatic hydroxyl groups is 1. The Hall–Kier alpha value is -1.02. The Morgan fingerprint density at radius 2 is 2.00 bits per heavy atom. The van der Waals surface area contributed by atoms with Gasteiger partial charge in [-0.2, -0.15) is 0 Å². The van der Waals surface area contributed by atoms with Crippen LogP contribution in [0.25, 0.3) is 0 Å². The lowest BCUT2D eigenvalue weighted by Gasteiger charge is -2.23. The second-order valence-electron chi connectivity index (χ2n) is 4.66. The second-order valence-corrected chi connectivity index (χ2v) is 4.66. The summed E-state index contributed by atoms with van der Waals surface area (Å²) in [5, 5.41) is 9.91. The Morgan fingerprint density at radius 3 is 2.69 bits per heavy atom. The molecule has 88 valence electrons. The summed E-state index contributed by atoms with van der Waals surface area (Å²) in [6.45, 7) is 0.625. The number of methoxy groups -OCH3 is 1. The van der Waals surface area contributed by atoms with E-state index in [1.165, 1.54) is 32.1 Å². The molecule has 0 unspecified atom stereocenters. The van der Waals surface area contributed by atoms with Gasteiger partial charge in [-0.25, -0.2) is 0 Å². The summed E-state index contributed by atoms with van der Waals surface area (Å²) in [5.74, 6) is 0.998. The first kappa shape index (κ1) is 11.5. The molecule has 0 aromatic heterocycles. The maximum atomic E-state index is 9.91. The molecule has 0 amide bonds. The van der Waals surface area contributed by atoms with Gasteiger partial charge < -0.3 is 9.84 Å². The van der Waals surface area contributed by atoms with Crippen molar-refractivity contribution < 1.29 is 9.84 Å². The zero-order valence-electron chi connectivity index (χ0n) is 9.91. The van der Waals surface area contributed by atoms with Gasteiger partial charge in [-0.15, -0.1) is 0 Å². The van der Waals surface area contributed by atoms with Crippen molar-refractivity contribution in [2.24, 2.45) is 0 Å². The predicted molar refractivity (Wildman–Crippen MR) is 64.6 cm³/mol. The van der Waals surface area contributed by atoms with Crippen LogP contribution in [0.1, 0.15) is 49.1 Å². The van der Waals surface area contributed by atoms with Crippen LogP contribution in [0.2, 0.25) is 0 Å². The van der Waals surface area contributed by atoms with Crippen molar-refractivity contribution in [2.45, 2.75) is 44.6 Å². The van der Waals surface area contributed by atoms with Crippen LogP contribution in [0.5, 0.6) is 5.75 Å². The van der Waals surface area contributed by atoms with Crippen LogP contribution in [-0.2, 0) is 11.3 Å². The molecule has 0 bridgehead atoms. The first-order valence-electron chi connectivity index (χ1n) is 6.12. The van der Waals surface area contributed by atoms with Crippen LogP contribution in [0.4, 0.5) is 0 Å². The van der Waals surface area contributed by atoms with Crippen molar-refractivity contribution in [3.8, 4) is 5.75 Å². The van der Waals surface area contributed by atoms with E-state index in [1.807, 2.05) is 6.07 Å². The van der Waals surface area contributed by atoms with Crippen molar-refractivity contribution in [2.75, 3.05) is 7.11 Å². The standard InChI is InChI=1S/C14H20O2/c1-16-10-11-7-8-14(15)13(9-11)12-5-3-2-4-6-12/h7-9,12,15H,2-6,10H2,1H3. The summed E-state index contributed by atoms with van der Waals surface area (Å²) in [6.07, 6.45) is 6.35. The van der Waals surface area contributed by atoms with Gasteiger partial charge in [-0.1, -0.05) is 25.3 Å². The third-order valence-corrected chi connectivity index (χ3v) is 3.45. The molecule has 2 nitrogen and oxygen atoms in total. The minimum atomic E-state index is 0.451. The van der Waals surface area contributed by atoms with Crippen LogP contribution >= 0.6 is 0 Å². The lowest BCUT2D eigenvalue weighted by Crippen LogP contribution is -2.05. The molecule has 2 rings (SSSR count). The predicted octanol–water partition coefficient (Wildman–Crippen LogP) is 3.59. The lowest BCUT2D eigenvalue weighted by atomic mass is 9.83. The molecule has 1 fully saturated rings. The van der Waals surface area contributed by atoms with E-state index in [0.717, 1.165) is 11.1 Å². The number of phenols is 1. The molecule has 0 radical (unpaired) electrons. The average molecular weight is 220 g/mol. The largest absolute Gasteiger partial charge is 0.508 e. The Morgan fingerprint density at radius 1 is 1.25 bits per heavy atom.